The molecule has 2 aromatic carbocycles. The molecule has 0 aliphatic carbocycles. The average Bonchev–Trinajstić information content (AvgIpc) is 3.22. The maximum atomic E-state index is 12.8. The van der Waals surface area contributed by atoms with Crippen LogP contribution in [0.15, 0.2) is 53.7 Å². The van der Waals surface area contributed by atoms with Gasteiger partial charge in [-0.2, -0.15) is 0 Å². The van der Waals surface area contributed by atoms with E-state index in [9.17, 15) is 14.9 Å². The summed E-state index contributed by atoms with van der Waals surface area (Å²) in [5.41, 5.74) is 4.47. The Hall–Kier alpha value is -3.55. The molecule has 35 heavy (non-hydrogen) atoms. The molecule has 0 unspecified atom stereocenters. The number of carbonyl (C=O) groups is 1. The zero-order valence-corrected chi connectivity index (χ0v) is 20.5. The molecule has 0 spiro atoms. The van der Waals surface area contributed by atoms with Crippen molar-refractivity contribution in [1.82, 2.24) is 20.2 Å². The molecule has 3 aromatic rings. The number of hydrogen-bond donors (Lipinski definition) is 2. The number of carbonyl (C=O) groups excluding carboxylic acids is 1. The Kier molecular flexibility index (Phi) is 7.90. The molecule has 0 bridgehead atoms. The zero-order chi connectivity index (χ0) is 24.8. The van der Waals surface area contributed by atoms with Crippen LogP contribution in [0, 0.1) is 17.0 Å². The maximum absolute atomic E-state index is 12.8. The normalized spacial score (nSPS) is 13.3. The number of thioether (sulfide) groups is 1. The molecular weight excluding hydrogens is 490 g/mol. The van der Waals surface area contributed by atoms with Crippen molar-refractivity contribution in [2.24, 2.45) is 0 Å². The van der Waals surface area contributed by atoms with Gasteiger partial charge in [-0.05, 0) is 36.8 Å². The summed E-state index contributed by atoms with van der Waals surface area (Å²) in [7, 11) is 0. The minimum absolute atomic E-state index is 0.0133. The number of nitrogens with one attached hydrogen (secondary N) is 2. The van der Waals surface area contributed by atoms with Crippen LogP contribution >= 0.6 is 24.0 Å². The molecule has 1 aromatic heterocycles. The maximum Gasteiger partial charge on any atom is 0.293 e. The number of aryl methyl sites for hydroxylation is 1. The summed E-state index contributed by atoms with van der Waals surface area (Å²) in [5.74, 6) is 0.671. The van der Waals surface area contributed by atoms with Crippen LogP contribution in [0.5, 0.6) is 0 Å². The Morgan fingerprint density at radius 2 is 1.94 bits per heavy atom. The first-order valence-electron chi connectivity index (χ1n) is 10.7. The Morgan fingerprint density at radius 1 is 1.20 bits per heavy atom. The second-order valence-corrected chi connectivity index (χ2v) is 8.95. The average molecular weight is 514 g/mol. The van der Waals surface area contributed by atoms with Gasteiger partial charge in [0, 0.05) is 30.5 Å². The van der Waals surface area contributed by atoms with E-state index in [4.69, 9.17) is 17.0 Å². The third-order valence-corrected chi connectivity index (χ3v) is 6.43. The van der Waals surface area contributed by atoms with Crippen LogP contribution in [0.4, 0.5) is 11.4 Å². The van der Waals surface area contributed by atoms with Crippen LogP contribution in [-0.4, -0.2) is 57.1 Å². The van der Waals surface area contributed by atoms with Crippen molar-refractivity contribution in [2.75, 3.05) is 36.6 Å². The summed E-state index contributed by atoms with van der Waals surface area (Å²) in [6.07, 6.45) is 0. The molecular formula is C22H23N7O4S2. The number of nitrogens with zero attached hydrogens (tertiary/aromatic N) is 5. The lowest BCUT2D eigenvalue weighted by Gasteiger charge is -2.28. The van der Waals surface area contributed by atoms with Crippen LogP contribution in [0.1, 0.15) is 21.7 Å². The van der Waals surface area contributed by atoms with Crippen molar-refractivity contribution >= 4 is 46.4 Å². The van der Waals surface area contributed by atoms with Crippen molar-refractivity contribution in [1.29, 1.82) is 0 Å². The van der Waals surface area contributed by atoms with Gasteiger partial charge in [-0.1, -0.05) is 42.1 Å². The second-order valence-electron chi connectivity index (χ2n) is 7.59. The standard InChI is InChI=1S/C22H23N7O4S2/c1-15-24-25-22(35-14-16-5-3-2-4-6-16)28(15)26-21(34)23-20(30)17-7-8-18(19(13-17)29(31)32)27-9-11-33-12-10-27/h2-8,13H,9-12,14H2,1H3,(H2,23,26,30,34). The number of nitro benzene ring substituents is 1. The molecule has 0 atom stereocenters. The van der Waals surface area contributed by atoms with Gasteiger partial charge in [0.15, 0.2) is 5.11 Å². The first-order valence-corrected chi connectivity index (χ1v) is 12.1. The van der Waals surface area contributed by atoms with E-state index in [1.54, 1.807) is 23.7 Å². The summed E-state index contributed by atoms with van der Waals surface area (Å²) in [6.45, 7) is 3.83. The minimum atomic E-state index is -0.566. The predicted molar refractivity (Wildman–Crippen MR) is 136 cm³/mol. The summed E-state index contributed by atoms with van der Waals surface area (Å²) in [4.78, 5) is 25.8. The number of nitro groups is 1. The first kappa shape index (κ1) is 24.6. The van der Waals surface area contributed by atoms with Gasteiger partial charge in [0.25, 0.3) is 11.6 Å². The Labute approximate surface area is 211 Å². The summed E-state index contributed by atoms with van der Waals surface area (Å²) in [5, 5.41) is 23.1. The molecule has 182 valence electrons. The predicted octanol–water partition coefficient (Wildman–Crippen LogP) is 2.88. The lowest BCUT2D eigenvalue weighted by Crippen LogP contribution is -2.39. The molecule has 13 heteroatoms. The van der Waals surface area contributed by atoms with Gasteiger partial charge in [0.05, 0.1) is 18.1 Å². The number of rotatable bonds is 7. The van der Waals surface area contributed by atoms with Crippen molar-refractivity contribution < 1.29 is 14.5 Å². The van der Waals surface area contributed by atoms with E-state index in [1.807, 2.05) is 35.2 Å². The van der Waals surface area contributed by atoms with Crippen molar-refractivity contribution in [3.63, 3.8) is 0 Å². The summed E-state index contributed by atoms with van der Waals surface area (Å²) in [6, 6.07) is 14.3. The van der Waals surface area contributed by atoms with Crippen LogP contribution in [0.3, 0.4) is 0 Å². The van der Waals surface area contributed by atoms with Gasteiger partial charge in [0.2, 0.25) is 5.16 Å². The first-order chi connectivity index (χ1) is 16.9. The van der Waals surface area contributed by atoms with Crippen LogP contribution in [0.25, 0.3) is 0 Å². The molecule has 0 radical (unpaired) electrons. The molecule has 11 nitrogen and oxygen atoms in total. The summed E-state index contributed by atoms with van der Waals surface area (Å²) < 4.78 is 6.90. The number of benzene rings is 2. The highest BCUT2D eigenvalue weighted by molar-refractivity contribution is 7.98. The lowest BCUT2D eigenvalue weighted by atomic mass is 10.1. The molecule has 0 saturated carbocycles. The number of morpholine rings is 1. The number of thiocarbonyl (C=S) groups is 1. The third-order valence-electron chi connectivity index (χ3n) is 5.23. The fourth-order valence-corrected chi connectivity index (χ4v) is 4.55. The molecule has 1 aliphatic heterocycles. The van der Waals surface area contributed by atoms with E-state index in [-0.39, 0.29) is 16.4 Å². The minimum Gasteiger partial charge on any atom is -0.378 e. The highest BCUT2D eigenvalue weighted by Crippen LogP contribution is 2.30. The van der Waals surface area contributed by atoms with E-state index >= 15 is 0 Å². The van der Waals surface area contributed by atoms with E-state index in [0.717, 1.165) is 5.56 Å². The quantitative estimate of drug-likeness (QED) is 0.211. The zero-order valence-electron chi connectivity index (χ0n) is 18.8. The van der Waals surface area contributed by atoms with Crippen LogP contribution in [-0.2, 0) is 10.5 Å². The third kappa shape index (κ3) is 6.12. The van der Waals surface area contributed by atoms with Gasteiger partial charge in [0.1, 0.15) is 11.5 Å². The molecule has 2 N–H and O–H groups in total. The van der Waals surface area contributed by atoms with Crippen LogP contribution < -0.4 is 15.6 Å². The number of hydrogen-bond acceptors (Lipinski definition) is 9. The highest BCUT2D eigenvalue weighted by atomic mass is 32.2. The van der Waals surface area contributed by atoms with Gasteiger partial charge >= 0.3 is 0 Å². The fraction of sp³-hybridized carbons (Fsp3) is 0.273. The Balaban J connectivity index is 1.42. The van der Waals surface area contributed by atoms with Gasteiger partial charge in [-0.3, -0.25) is 25.7 Å². The van der Waals surface area contributed by atoms with E-state index in [1.165, 1.54) is 17.8 Å². The second kappa shape index (κ2) is 11.3. The monoisotopic (exact) mass is 513 g/mol. The molecule has 1 fully saturated rings. The fourth-order valence-electron chi connectivity index (χ4n) is 3.47. The highest BCUT2D eigenvalue weighted by Gasteiger charge is 2.24. The smallest absolute Gasteiger partial charge is 0.293 e. The Morgan fingerprint density at radius 3 is 2.66 bits per heavy atom. The number of amides is 1. The van der Waals surface area contributed by atoms with Crippen molar-refractivity contribution in [2.45, 2.75) is 17.8 Å². The van der Waals surface area contributed by atoms with E-state index in [0.29, 0.717) is 48.7 Å². The number of anilines is 1. The van der Waals surface area contributed by atoms with E-state index in [2.05, 4.69) is 20.9 Å². The summed E-state index contributed by atoms with van der Waals surface area (Å²) >= 11 is 6.77. The van der Waals surface area contributed by atoms with Crippen molar-refractivity contribution in [3.8, 4) is 0 Å². The number of ether oxygens (including phenoxy) is 1. The van der Waals surface area contributed by atoms with Gasteiger partial charge in [-0.25, -0.2) is 4.68 Å². The van der Waals surface area contributed by atoms with E-state index < -0.39 is 10.8 Å². The molecule has 1 aliphatic rings. The SMILES string of the molecule is Cc1nnc(SCc2ccccc2)n1NC(=S)NC(=O)c1ccc(N2CCOCC2)c([N+](=O)[O-])c1. The van der Waals surface area contributed by atoms with Gasteiger partial charge in [-0.15, -0.1) is 10.2 Å². The molecule has 4 rings (SSSR count). The van der Waals surface area contributed by atoms with Crippen LogP contribution in [0.2, 0.25) is 0 Å². The lowest BCUT2D eigenvalue weighted by molar-refractivity contribution is -0.384. The topological polar surface area (TPSA) is 127 Å². The molecule has 1 amide bonds. The number of aromatic nitrogens is 3. The largest absolute Gasteiger partial charge is 0.378 e. The molecule has 2 heterocycles. The molecule has 1 saturated heterocycles. The Bertz CT molecular complexity index is 1230. The van der Waals surface area contributed by atoms with Crippen molar-refractivity contribution in [3.05, 3.63) is 75.6 Å². The van der Waals surface area contributed by atoms with Gasteiger partial charge < -0.3 is 9.64 Å².